The molecule has 1 amide bonds. The number of benzene rings is 1. The molecule has 6 nitrogen and oxygen atoms in total. The molecule has 1 aromatic heterocycles. The topological polar surface area (TPSA) is 64.8 Å². The molecule has 0 saturated heterocycles. The summed E-state index contributed by atoms with van der Waals surface area (Å²) >= 11 is 0. The van der Waals surface area contributed by atoms with Crippen LogP contribution in [0.2, 0.25) is 0 Å². The molecule has 0 spiro atoms. The van der Waals surface area contributed by atoms with E-state index in [0.29, 0.717) is 18.1 Å². The number of hydrogen-bond donors (Lipinski definition) is 0. The zero-order chi connectivity index (χ0) is 19.8. The number of carbonyl (C=O) groups is 1. The molecule has 1 heterocycles. The van der Waals surface area contributed by atoms with Gasteiger partial charge in [0.05, 0.1) is 18.4 Å². The fourth-order valence-corrected chi connectivity index (χ4v) is 2.57. The maximum Gasteiger partial charge on any atom is 0.246 e. The van der Waals surface area contributed by atoms with Crippen LogP contribution >= 0.6 is 0 Å². The highest BCUT2D eigenvalue weighted by Crippen LogP contribution is 2.30. The van der Waals surface area contributed by atoms with Crippen molar-refractivity contribution in [3.63, 3.8) is 0 Å². The zero-order valence-corrected chi connectivity index (χ0v) is 16.7. The average molecular weight is 372 g/mol. The molecule has 0 N–H and O–H groups in total. The maximum absolute atomic E-state index is 12.1. The number of aromatic nitrogens is 1. The van der Waals surface area contributed by atoms with Crippen molar-refractivity contribution in [1.29, 1.82) is 0 Å². The van der Waals surface area contributed by atoms with E-state index in [4.69, 9.17) is 14.0 Å². The second-order valence-electron chi connectivity index (χ2n) is 6.45. The first-order valence-electron chi connectivity index (χ1n) is 9.12. The van der Waals surface area contributed by atoms with E-state index >= 15 is 0 Å². The van der Waals surface area contributed by atoms with Crippen molar-refractivity contribution in [2.75, 3.05) is 20.7 Å². The van der Waals surface area contributed by atoms with E-state index in [9.17, 15) is 4.79 Å². The van der Waals surface area contributed by atoms with Gasteiger partial charge >= 0.3 is 0 Å². The van der Waals surface area contributed by atoms with Gasteiger partial charge in [-0.15, -0.1) is 0 Å². The van der Waals surface area contributed by atoms with Crippen molar-refractivity contribution in [1.82, 2.24) is 10.1 Å². The summed E-state index contributed by atoms with van der Waals surface area (Å²) < 4.78 is 16.5. The molecule has 2 rings (SSSR count). The van der Waals surface area contributed by atoms with E-state index < -0.39 is 0 Å². The van der Waals surface area contributed by atoms with Crippen molar-refractivity contribution < 1.29 is 18.8 Å². The lowest BCUT2D eigenvalue weighted by atomic mass is 10.1. The SMILES string of the molecule is CCCCN(C)C(=O)/C=C/c1ccc(OCc2c(C)noc2C)c(OC)c1. The highest BCUT2D eigenvalue weighted by atomic mass is 16.5. The second kappa shape index (κ2) is 9.80. The van der Waals surface area contributed by atoms with Crippen molar-refractivity contribution >= 4 is 12.0 Å². The van der Waals surface area contributed by atoms with Gasteiger partial charge in [0, 0.05) is 19.7 Å². The van der Waals surface area contributed by atoms with E-state index in [0.717, 1.165) is 42.0 Å². The molecule has 0 atom stereocenters. The van der Waals surface area contributed by atoms with Gasteiger partial charge in [-0.25, -0.2) is 0 Å². The number of carbonyl (C=O) groups excluding carboxylic acids is 1. The lowest BCUT2D eigenvalue weighted by molar-refractivity contribution is -0.124. The summed E-state index contributed by atoms with van der Waals surface area (Å²) in [6, 6.07) is 5.57. The molecule has 0 aliphatic heterocycles. The van der Waals surface area contributed by atoms with Crippen LogP contribution in [-0.2, 0) is 11.4 Å². The van der Waals surface area contributed by atoms with Crippen LogP contribution in [0.5, 0.6) is 11.5 Å². The Bertz CT molecular complexity index is 776. The summed E-state index contributed by atoms with van der Waals surface area (Å²) in [5.41, 5.74) is 2.62. The molecule has 0 bridgehead atoms. The van der Waals surface area contributed by atoms with Gasteiger partial charge in [-0.2, -0.15) is 0 Å². The van der Waals surface area contributed by atoms with Crippen molar-refractivity contribution in [3.8, 4) is 11.5 Å². The Morgan fingerprint density at radius 2 is 2.07 bits per heavy atom. The Labute approximate surface area is 160 Å². The van der Waals surface area contributed by atoms with Crippen LogP contribution < -0.4 is 9.47 Å². The number of hydrogen-bond acceptors (Lipinski definition) is 5. The Balaban J connectivity index is 2.05. The molecule has 0 aliphatic carbocycles. The van der Waals surface area contributed by atoms with E-state index in [1.54, 1.807) is 24.2 Å². The zero-order valence-electron chi connectivity index (χ0n) is 16.7. The Hall–Kier alpha value is -2.76. The Kier molecular flexibility index (Phi) is 7.46. The quantitative estimate of drug-likeness (QED) is 0.619. The van der Waals surface area contributed by atoms with Crippen molar-refractivity contribution in [2.45, 2.75) is 40.2 Å². The van der Waals surface area contributed by atoms with E-state index in [1.165, 1.54) is 0 Å². The van der Waals surface area contributed by atoms with E-state index in [-0.39, 0.29) is 5.91 Å². The van der Waals surface area contributed by atoms with Gasteiger partial charge in [-0.3, -0.25) is 4.79 Å². The van der Waals surface area contributed by atoms with Gasteiger partial charge in [0.15, 0.2) is 11.5 Å². The van der Waals surface area contributed by atoms with Crippen LogP contribution in [-0.4, -0.2) is 36.7 Å². The number of likely N-dealkylation sites (N-methyl/N-ethyl adjacent to an activating group) is 1. The lowest BCUT2D eigenvalue weighted by Gasteiger charge is -2.14. The van der Waals surface area contributed by atoms with Crippen LogP contribution in [0, 0.1) is 13.8 Å². The van der Waals surface area contributed by atoms with Crippen molar-refractivity contribution in [3.05, 3.63) is 46.9 Å². The minimum atomic E-state index is -0.0128. The first kappa shape index (κ1) is 20.6. The van der Waals surface area contributed by atoms with E-state index in [2.05, 4.69) is 12.1 Å². The molecule has 0 radical (unpaired) electrons. The molecule has 0 saturated carbocycles. The first-order chi connectivity index (χ1) is 13.0. The largest absolute Gasteiger partial charge is 0.493 e. The minimum absolute atomic E-state index is 0.0128. The molecule has 146 valence electrons. The van der Waals surface area contributed by atoms with Gasteiger partial charge in [-0.1, -0.05) is 24.6 Å². The van der Waals surface area contributed by atoms with E-state index in [1.807, 2.05) is 39.1 Å². The summed E-state index contributed by atoms with van der Waals surface area (Å²) in [5, 5.41) is 3.93. The second-order valence-corrected chi connectivity index (χ2v) is 6.45. The number of aryl methyl sites for hydroxylation is 2. The van der Waals surface area contributed by atoms with Crippen LogP contribution in [0.3, 0.4) is 0 Å². The van der Waals surface area contributed by atoms with Crippen LogP contribution in [0.1, 0.15) is 42.3 Å². The number of rotatable bonds is 9. The average Bonchev–Trinajstić information content (AvgIpc) is 3.00. The van der Waals surface area contributed by atoms with Gasteiger partial charge in [0.1, 0.15) is 12.4 Å². The molecule has 1 aromatic carbocycles. The van der Waals surface area contributed by atoms with Gasteiger partial charge in [-0.05, 0) is 44.0 Å². The highest BCUT2D eigenvalue weighted by molar-refractivity contribution is 5.91. The van der Waals surface area contributed by atoms with Crippen LogP contribution in [0.15, 0.2) is 28.8 Å². The fourth-order valence-electron chi connectivity index (χ4n) is 2.57. The molecule has 27 heavy (non-hydrogen) atoms. The molecule has 0 aliphatic rings. The Morgan fingerprint density at radius 1 is 1.30 bits per heavy atom. The maximum atomic E-state index is 12.1. The smallest absolute Gasteiger partial charge is 0.246 e. The molecular formula is C21H28N2O4. The van der Waals surface area contributed by atoms with Crippen LogP contribution in [0.25, 0.3) is 6.08 Å². The van der Waals surface area contributed by atoms with Crippen LogP contribution in [0.4, 0.5) is 0 Å². The minimum Gasteiger partial charge on any atom is -0.493 e. The highest BCUT2D eigenvalue weighted by Gasteiger charge is 2.12. The molecule has 2 aromatic rings. The third kappa shape index (κ3) is 5.61. The van der Waals surface area contributed by atoms with Crippen molar-refractivity contribution in [2.24, 2.45) is 0 Å². The molecule has 0 unspecified atom stereocenters. The third-order valence-corrected chi connectivity index (χ3v) is 4.38. The monoisotopic (exact) mass is 372 g/mol. The van der Waals surface area contributed by atoms with Gasteiger partial charge in [0.25, 0.3) is 0 Å². The lowest BCUT2D eigenvalue weighted by Crippen LogP contribution is -2.25. The first-order valence-corrected chi connectivity index (χ1v) is 9.12. The Morgan fingerprint density at radius 3 is 2.70 bits per heavy atom. The summed E-state index contributed by atoms with van der Waals surface area (Å²) in [6.45, 7) is 6.97. The number of methoxy groups -OCH3 is 1. The standard InChI is InChI=1S/C21H28N2O4/c1-6-7-12-23(4)21(24)11-9-17-8-10-19(20(13-17)25-5)26-14-18-15(2)22-27-16(18)3/h8-11,13H,6-7,12,14H2,1-5H3/b11-9+. The third-order valence-electron chi connectivity index (χ3n) is 4.38. The normalized spacial score (nSPS) is 11.0. The summed E-state index contributed by atoms with van der Waals surface area (Å²) in [4.78, 5) is 13.8. The predicted octanol–water partition coefficient (Wildman–Crippen LogP) is 4.15. The van der Waals surface area contributed by atoms with Gasteiger partial charge < -0.3 is 18.9 Å². The number of ether oxygens (including phenoxy) is 2. The number of amides is 1. The fraction of sp³-hybridized carbons (Fsp3) is 0.429. The summed E-state index contributed by atoms with van der Waals surface area (Å²) in [6.07, 6.45) is 5.43. The molecule has 0 fully saturated rings. The summed E-state index contributed by atoms with van der Waals surface area (Å²) in [5.74, 6) is 1.97. The number of unbranched alkanes of at least 4 members (excludes halogenated alkanes) is 1. The van der Waals surface area contributed by atoms with Gasteiger partial charge in [0.2, 0.25) is 5.91 Å². The number of nitrogens with zero attached hydrogens (tertiary/aromatic N) is 2. The molecule has 6 heteroatoms. The predicted molar refractivity (Wildman–Crippen MR) is 105 cm³/mol. The summed E-state index contributed by atoms with van der Waals surface area (Å²) in [7, 11) is 3.41. The molecular weight excluding hydrogens is 344 g/mol.